The molecule has 24 heavy (non-hydrogen) atoms. The van der Waals surface area contributed by atoms with Crippen LogP contribution in [0.1, 0.15) is 15.9 Å². The molecule has 3 rings (SSSR count). The summed E-state index contributed by atoms with van der Waals surface area (Å²) in [4.78, 5) is 18.0. The van der Waals surface area contributed by atoms with Crippen LogP contribution in [0.25, 0.3) is 0 Å². The van der Waals surface area contributed by atoms with Crippen LogP contribution >= 0.6 is 0 Å². The topological polar surface area (TPSA) is 51.7 Å². The minimum Gasteiger partial charge on any atom is -0.496 e. The van der Waals surface area contributed by atoms with Gasteiger partial charge in [0, 0.05) is 17.8 Å². The van der Waals surface area contributed by atoms with Crippen LogP contribution in [0.4, 0.5) is 18.9 Å². The zero-order chi connectivity index (χ0) is 17.3. The van der Waals surface area contributed by atoms with E-state index in [1.807, 2.05) is 0 Å². The predicted molar refractivity (Wildman–Crippen MR) is 79.4 cm³/mol. The molecular formula is C16H13F3N2O3. The van der Waals surface area contributed by atoms with Gasteiger partial charge in [0.05, 0.1) is 25.4 Å². The number of aromatic nitrogens is 1. The zero-order valence-electron chi connectivity index (χ0n) is 12.6. The van der Waals surface area contributed by atoms with Gasteiger partial charge in [0.25, 0.3) is 5.91 Å². The third-order valence-electron chi connectivity index (χ3n) is 3.62. The van der Waals surface area contributed by atoms with Gasteiger partial charge in [-0.25, -0.2) is 0 Å². The number of hydrogen-bond donors (Lipinski definition) is 0. The molecule has 0 fully saturated rings. The Morgan fingerprint density at radius 1 is 1.33 bits per heavy atom. The molecule has 0 spiro atoms. The summed E-state index contributed by atoms with van der Waals surface area (Å²) < 4.78 is 49.5. The molecule has 1 aromatic carbocycles. The number of ether oxygens (including phenoxy) is 2. The minimum atomic E-state index is -4.62. The number of nitrogens with zero attached hydrogens (tertiary/aromatic N) is 2. The van der Waals surface area contributed by atoms with Crippen molar-refractivity contribution in [2.45, 2.75) is 6.18 Å². The van der Waals surface area contributed by atoms with Crippen LogP contribution < -0.4 is 14.4 Å². The molecule has 0 bridgehead atoms. The van der Waals surface area contributed by atoms with E-state index < -0.39 is 17.6 Å². The Hall–Kier alpha value is -2.77. The molecule has 126 valence electrons. The molecule has 0 radical (unpaired) electrons. The molecule has 0 saturated carbocycles. The van der Waals surface area contributed by atoms with Crippen LogP contribution in [0.5, 0.6) is 11.5 Å². The Kier molecular flexibility index (Phi) is 4.04. The summed E-state index contributed by atoms with van der Waals surface area (Å²) in [6.45, 7) is 0.482. The summed E-state index contributed by atoms with van der Waals surface area (Å²) in [5, 5.41) is 0. The highest BCUT2D eigenvalue weighted by molar-refractivity contribution is 6.07. The average Bonchev–Trinajstić information content (AvgIpc) is 2.59. The summed E-state index contributed by atoms with van der Waals surface area (Å²) in [6.07, 6.45) is -1.66. The number of carbonyl (C=O) groups excluding carboxylic acids is 1. The minimum absolute atomic E-state index is 0.0835. The largest absolute Gasteiger partial charge is 0.496 e. The van der Waals surface area contributed by atoms with Crippen molar-refractivity contribution in [1.29, 1.82) is 0 Å². The molecule has 0 N–H and O–H groups in total. The van der Waals surface area contributed by atoms with E-state index in [2.05, 4.69) is 4.98 Å². The number of fused-ring (bicyclic) bond motifs is 1. The van der Waals surface area contributed by atoms with Gasteiger partial charge in [-0.05, 0) is 18.2 Å². The first-order chi connectivity index (χ1) is 11.4. The Morgan fingerprint density at radius 2 is 2.12 bits per heavy atom. The number of halogens is 3. The molecule has 1 amide bonds. The maximum Gasteiger partial charge on any atom is 0.419 e. The van der Waals surface area contributed by atoms with Crippen LogP contribution in [0, 0.1) is 0 Å². The maximum atomic E-state index is 13.1. The molecular weight excluding hydrogens is 325 g/mol. The van der Waals surface area contributed by atoms with Crippen LogP contribution in [0.2, 0.25) is 0 Å². The molecule has 1 aliphatic rings. The third kappa shape index (κ3) is 2.86. The molecule has 0 aliphatic carbocycles. The van der Waals surface area contributed by atoms with E-state index in [-0.39, 0.29) is 24.5 Å². The van der Waals surface area contributed by atoms with Gasteiger partial charge in [0.15, 0.2) is 0 Å². The van der Waals surface area contributed by atoms with Crippen molar-refractivity contribution < 1.29 is 27.4 Å². The molecule has 1 aromatic heterocycles. The van der Waals surface area contributed by atoms with Crippen molar-refractivity contribution >= 4 is 11.6 Å². The lowest BCUT2D eigenvalue weighted by Crippen LogP contribution is -2.38. The van der Waals surface area contributed by atoms with Crippen LogP contribution in [-0.4, -0.2) is 31.2 Å². The second-order valence-electron chi connectivity index (χ2n) is 5.06. The molecule has 5 nitrogen and oxygen atoms in total. The van der Waals surface area contributed by atoms with E-state index >= 15 is 0 Å². The quantitative estimate of drug-likeness (QED) is 0.844. The maximum absolute atomic E-state index is 13.1. The van der Waals surface area contributed by atoms with Crippen molar-refractivity contribution in [2.24, 2.45) is 0 Å². The summed E-state index contributed by atoms with van der Waals surface area (Å²) in [5.41, 5.74) is -0.645. The van der Waals surface area contributed by atoms with Crippen molar-refractivity contribution in [3.63, 3.8) is 0 Å². The molecule has 0 unspecified atom stereocenters. The summed E-state index contributed by atoms with van der Waals surface area (Å²) in [5.74, 6) is -0.419. The lowest BCUT2D eigenvalue weighted by molar-refractivity contribution is -0.138. The van der Waals surface area contributed by atoms with E-state index in [0.29, 0.717) is 11.4 Å². The first-order valence-corrected chi connectivity index (χ1v) is 7.05. The number of amides is 1. The monoisotopic (exact) mass is 338 g/mol. The second kappa shape index (κ2) is 6.03. The van der Waals surface area contributed by atoms with E-state index in [1.165, 1.54) is 23.4 Å². The number of hydrogen-bond acceptors (Lipinski definition) is 4. The standard InChI is InChI=1S/C16H13F3N2O3/c1-23-13-3-2-10(8-11(13)16(17,18)19)15(22)21-6-7-24-14-4-5-20-9-12(14)21/h2-5,8-9H,6-7H2,1H3. The number of pyridine rings is 1. The Labute approximate surface area is 135 Å². The van der Waals surface area contributed by atoms with E-state index in [9.17, 15) is 18.0 Å². The lowest BCUT2D eigenvalue weighted by atomic mass is 10.1. The molecule has 8 heteroatoms. The van der Waals surface area contributed by atoms with Gasteiger partial charge in [-0.1, -0.05) is 0 Å². The number of carbonyl (C=O) groups is 1. The fourth-order valence-corrected chi connectivity index (χ4v) is 2.49. The molecule has 0 atom stereocenters. The summed E-state index contributed by atoms with van der Waals surface area (Å²) in [6, 6.07) is 4.85. The Bertz CT molecular complexity index is 777. The van der Waals surface area contributed by atoms with E-state index in [1.54, 1.807) is 6.07 Å². The van der Waals surface area contributed by atoms with Gasteiger partial charge in [-0.3, -0.25) is 9.78 Å². The third-order valence-corrected chi connectivity index (χ3v) is 3.62. The SMILES string of the molecule is COc1ccc(C(=O)N2CCOc3ccncc32)cc1C(F)(F)F. The Morgan fingerprint density at radius 3 is 2.83 bits per heavy atom. The van der Waals surface area contributed by atoms with Gasteiger partial charge in [-0.15, -0.1) is 0 Å². The Balaban J connectivity index is 2.00. The van der Waals surface area contributed by atoms with Crippen LogP contribution in [-0.2, 0) is 6.18 Å². The van der Waals surface area contributed by atoms with Crippen molar-refractivity contribution in [3.05, 3.63) is 47.8 Å². The van der Waals surface area contributed by atoms with Crippen LogP contribution in [0.15, 0.2) is 36.7 Å². The first-order valence-electron chi connectivity index (χ1n) is 7.05. The number of alkyl halides is 3. The van der Waals surface area contributed by atoms with Gasteiger partial charge >= 0.3 is 6.18 Å². The van der Waals surface area contributed by atoms with E-state index in [4.69, 9.17) is 9.47 Å². The second-order valence-corrected chi connectivity index (χ2v) is 5.06. The van der Waals surface area contributed by atoms with Gasteiger partial charge in [0.2, 0.25) is 0 Å². The van der Waals surface area contributed by atoms with Gasteiger partial charge in [0.1, 0.15) is 23.8 Å². The first kappa shape index (κ1) is 16.1. The summed E-state index contributed by atoms with van der Waals surface area (Å²) in [7, 11) is 1.15. The summed E-state index contributed by atoms with van der Waals surface area (Å²) >= 11 is 0. The zero-order valence-corrected chi connectivity index (χ0v) is 12.6. The lowest BCUT2D eigenvalue weighted by Gasteiger charge is -2.29. The fourth-order valence-electron chi connectivity index (χ4n) is 2.49. The molecule has 2 aromatic rings. The number of anilines is 1. The predicted octanol–water partition coefficient (Wildman–Crippen LogP) is 3.15. The smallest absolute Gasteiger partial charge is 0.419 e. The van der Waals surface area contributed by atoms with Crippen molar-refractivity contribution in [3.8, 4) is 11.5 Å². The normalized spacial score (nSPS) is 13.9. The fraction of sp³-hybridized carbons (Fsp3) is 0.250. The highest BCUT2D eigenvalue weighted by Gasteiger charge is 2.36. The van der Waals surface area contributed by atoms with Crippen molar-refractivity contribution in [2.75, 3.05) is 25.2 Å². The highest BCUT2D eigenvalue weighted by Crippen LogP contribution is 2.37. The van der Waals surface area contributed by atoms with Crippen molar-refractivity contribution in [1.82, 2.24) is 4.98 Å². The highest BCUT2D eigenvalue weighted by atomic mass is 19.4. The average molecular weight is 338 g/mol. The molecule has 0 saturated heterocycles. The molecule has 1 aliphatic heterocycles. The number of benzene rings is 1. The van der Waals surface area contributed by atoms with Crippen LogP contribution in [0.3, 0.4) is 0 Å². The van der Waals surface area contributed by atoms with E-state index in [0.717, 1.165) is 19.2 Å². The van der Waals surface area contributed by atoms with Gasteiger partial charge < -0.3 is 14.4 Å². The molecule has 2 heterocycles. The number of rotatable bonds is 2. The number of methoxy groups -OCH3 is 1. The van der Waals surface area contributed by atoms with Gasteiger partial charge in [-0.2, -0.15) is 13.2 Å².